The standard InChI is InChI=1S/C106H76N2O2/c1-3-34-78(80-36-5-7-38-82(80)86-42-11-17-49-98(86)107(75-54-57-90-88-44-13-19-52-101(88)109-103(90)68-75)73-55-58-96-92(66-73)84-40-9-15-47-94(84)105(96)60-21-22-61-105)76(32-1)71-30-25-28-69(64-71)70-29-26-31-72(65-70)77-33-2-4-35-79(77)81-37-6-8-39-83(81)87-43-12-18-50-99(87)108(100-51-27-46-91-89-45-14-20-53-102(89)110-104(91)100)74-56-59-97-93(67-74)85-41-10-16-48-95(85)106(97)62-23-24-63-106/h1-20,25-59,64-68H,21-24,60-63H2. The molecule has 110 heavy (non-hydrogen) atoms. The first-order chi connectivity index (χ1) is 54.5. The van der Waals surface area contributed by atoms with Gasteiger partial charge in [-0.1, -0.05) is 305 Å². The number of hydrogen-bond acceptors (Lipinski definition) is 4. The number of fused-ring (bicyclic) bond motifs is 16. The Hall–Kier alpha value is -13.3. The lowest BCUT2D eigenvalue weighted by Gasteiger charge is -2.30. The minimum atomic E-state index is 0.0521. The second kappa shape index (κ2) is 25.7. The smallest absolute Gasteiger partial charge is 0.159 e. The molecule has 0 bridgehead atoms. The highest BCUT2D eigenvalue weighted by Crippen LogP contribution is 2.61. The number of nitrogens with zero attached hydrogens (tertiary/aromatic N) is 2. The Morgan fingerprint density at radius 3 is 1.06 bits per heavy atom. The molecule has 2 aromatic heterocycles. The van der Waals surface area contributed by atoms with Gasteiger partial charge in [-0.15, -0.1) is 0 Å². The lowest BCUT2D eigenvalue weighted by Crippen LogP contribution is -2.20. The van der Waals surface area contributed by atoms with Crippen LogP contribution in [0.15, 0.2) is 373 Å². The first-order valence-electron chi connectivity index (χ1n) is 39.2. The second-order valence-electron chi connectivity index (χ2n) is 30.7. The molecule has 0 saturated heterocycles. The minimum absolute atomic E-state index is 0.0521. The average Bonchev–Trinajstić information content (AvgIpc) is 1.55. The number of hydrogen-bond donors (Lipinski definition) is 0. The van der Waals surface area contributed by atoms with E-state index >= 15 is 0 Å². The van der Waals surface area contributed by atoms with Crippen LogP contribution in [0.25, 0.3) is 144 Å². The summed E-state index contributed by atoms with van der Waals surface area (Å²) in [6.07, 6.45) is 9.72. The zero-order valence-corrected chi connectivity index (χ0v) is 61.0. The molecule has 2 spiro atoms. The first-order valence-corrected chi connectivity index (χ1v) is 39.2. The quantitative estimate of drug-likeness (QED) is 0.115. The molecule has 2 heterocycles. The summed E-state index contributed by atoms with van der Waals surface area (Å²) in [7, 11) is 0. The van der Waals surface area contributed by atoms with Gasteiger partial charge in [0.15, 0.2) is 5.58 Å². The summed E-state index contributed by atoms with van der Waals surface area (Å²) in [6, 6.07) is 135. The van der Waals surface area contributed by atoms with Crippen molar-refractivity contribution in [2.75, 3.05) is 9.80 Å². The highest BCUT2D eigenvalue weighted by atomic mass is 16.3. The molecule has 22 rings (SSSR count). The predicted molar refractivity (Wildman–Crippen MR) is 458 cm³/mol. The minimum Gasteiger partial charge on any atom is -0.456 e. The van der Waals surface area contributed by atoms with E-state index in [9.17, 15) is 0 Å². The number of rotatable bonds is 13. The van der Waals surface area contributed by atoms with E-state index < -0.39 is 0 Å². The Morgan fingerprint density at radius 1 is 0.200 bits per heavy atom. The van der Waals surface area contributed by atoms with Crippen molar-refractivity contribution < 1.29 is 8.83 Å². The van der Waals surface area contributed by atoms with Crippen molar-refractivity contribution in [1.29, 1.82) is 0 Å². The van der Waals surface area contributed by atoms with Crippen molar-refractivity contribution in [3.05, 3.63) is 386 Å². The topological polar surface area (TPSA) is 32.8 Å². The number of benzene rings is 16. The molecule has 2 saturated carbocycles. The maximum Gasteiger partial charge on any atom is 0.159 e. The predicted octanol–water partition coefficient (Wildman–Crippen LogP) is 29.8. The summed E-state index contributed by atoms with van der Waals surface area (Å²) in [6.45, 7) is 0. The van der Waals surface area contributed by atoms with Crippen LogP contribution in [0.1, 0.15) is 73.6 Å². The molecular formula is C106H76N2O2. The van der Waals surface area contributed by atoms with Gasteiger partial charge in [0.05, 0.1) is 17.1 Å². The fourth-order valence-corrected chi connectivity index (χ4v) is 20.2. The van der Waals surface area contributed by atoms with Crippen LogP contribution in [0.5, 0.6) is 0 Å². The molecule has 2 fully saturated rings. The van der Waals surface area contributed by atoms with Gasteiger partial charge in [0.1, 0.15) is 16.7 Å². The maximum absolute atomic E-state index is 6.98. The van der Waals surface area contributed by atoms with Crippen LogP contribution >= 0.6 is 0 Å². The molecule has 0 amide bonds. The first kappa shape index (κ1) is 63.9. The molecule has 4 heteroatoms. The van der Waals surface area contributed by atoms with E-state index in [1.807, 2.05) is 0 Å². The van der Waals surface area contributed by atoms with Crippen molar-refractivity contribution in [2.24, 2.45) is 0 Å². The van der Waals surface area contributed by atoms with E-state index in [1.54, 1.807) is 0 Å². The second-order valence-corrected chi connectivity index (χ2v) is 30.7. The van der Waals surface area contributed by atoms with E-state index in [2.05, 4.69) is 374 Å². The molecule has 522 valence electrons. The van der Waals surface area contributed by atoms with Crippen molar-refractivity contribution in [3.8, 4) is 100 Å². The molecule has 4 aliphatic carbocycles. The summed E-state index contributed by atoms with van der Waals surface area (Å²) in [5.41, 5.74) is 37.3. The molecule has 4 nitrogen and oxygen atoms in total. The third kappa shape index (κ3) is 10.1. The summed E-state index contributed by atoms with van der Waals surface area (Å²) >= 11 is 0. The van der Waals surface area contributed by atoms with Crippen LogP contribution < -0.4 is 9.80 Å². The van der Waals surface area contributed by atoms with Crippen molar-refractivity contribution >= 4 is 78.0 Å². The fraction of sp³-hybridized carbons (Fsp3) is 0.0943. The molecule has 0 unspecified atom stereocenters. The third-order valence-corrected chi connectivity index (χ3v) is 25.0. The SMILES string of the molecule is c1cc(-c2cccc(-c3ccccc3-c3ccccc3-c3ccccc3N(c3ccc4c(c3)-c3ccccc3C43CCCC3)c3cccc4c3oc3ccccc34)c2)cc(-c2ccccc2-c2ccccc2-c2ccccc2N(c2ccc3c(c2)-c2ccccc2C32CCCC2)c2ccc3c(c2)oc2ccccc23)c1. The van der Waals surface area contributed by atoms with E-state index in [1.165, 1.54) is 95.9 Å². The summed E-state index contributed by atoms with van der Waals surface area (Å²) in [5.74, 6) is 0. The molecule has 0 N–H and O–H groups in total. The monoisotopic (exact) mass is 1410 g/mol. The van der Waals surface area contributed by atoms with Gasteiger partial charge in [0.2, 0.25) is 0 Å². The van der Waals surface area contributed by atoms with Gasteiger partial charge >= 0.3 is 0 Å². The van der Waals surface area contributed by atoms with Gasteiger partial charge in [0.25, 0.3) is 0 Å². The largest absolute Gasteiger partial charge is 0.456 e. The van der Waals surface area contributed by atoms with Gasteiger partial charge < -0.3 is 18.6 Å². The molecule has 0 atom stereocenters. The van der Waals surface area contributed by atoms with Crippen LogP contribution in [0.2, 0.25) is 0 Å². The molecule has 0 aliphatic heterocycles. The van der Waals surface area contributed by atoms with Crippen LogP contribution in [0.4, 0.5) is 34.1 Å². The highest BCUT2D eigenvalue weighted by molar-refractivity contribution is 6.12. The zero-order chi connectivity index (χ0) is 72.4. The third-order valence-electron chi connectivity index (χ3n) is 25.0. The number of furan rings is 2. The molecule has 16 aromatic carbocycles. The van der Waals surface area contributed by atoms with E-state index in [0.717, 1.165) is 156 Å². The van der Waals surface area contributed by atoms with Crippen LogP contribution in [0.3, 0.4) is 0 Å². The summed E-state index contributed by atoms with van der Waals surface area (Å²) < 4.78 is 13.7. The molecular weight excluding hydrogens is 1330 g/mol. The molecule has 0 radical (unpaired) electrons. The number of para-hydroxylation sites is 5. The normalized spacial score (nSPS) is 14.2. The fourth-order valence-electron chi connectivity index (χ4n) is 20.2. The summed E-state index contributed by atoms with van der Waals surface area (Å²) in [5, 5.41) is 4.43. The molecule has 4 aliphatic rings. The van der Waals surface area contributed by atoms with Crippen molar-refractivity contribution in [3.63, 3.8) is 0 Å². The van der Waals surface area contributed by atoms with Gasteiger partial charge in [-0.3, -0.25) is 0 Å². The Balaban J connectivity index is 0.630. The maximum atomic E-state index is 6.98. The van der Waals surface area contributed by atoms with Gasteiger partial charge in [0, 0.05) is 66.6 Å². The Kier molecular flexibility index (Phi) is 15.0. The highest BCUT2D eigenvalue weighted by Gasteiger charge is 2.47. The van der Waals surface area contributed by atoms with E-state index in [-0.39, 0.29) is 10.8 Å². The Labute approximate surface area is 641 Å². The Bertz CT molecular complexity index is 6730. The van der Waals surface area contributed by atoms with Gasteiger partial charge in [-0.25, -0.2) is 0 Å². The number of anilines is 6. The van der Waals surface area contributed by atoms with E-state index in [0.29, 0.717) is 0 Å². The lowest BCUT2D eigenvalue weighted by atomic mass is 9.77. The van der Waals surface area contributed by atoms with E-state index in [4.69, 9.17) is 8.83 Å². The van der Waals surface area contributed by atoms with Gasteiger partial charge in [-0.05, 0) is 216 Å². The van der Waals surface area contributed by atoms with Gasteiger partial charge in [-0.2, -0.15) is 0 Å². The van der Waals surface area contributed by atoms with Crippen molar-refractivity contribution in [2.45, 2.75) is 62.2 Å². The van der Waals surface area contributed by atoms with Crippen LogP contribution in [0, 0.1) is 0 Å². The zero-order valence-electron chi connectivity index (χ0n) is 61.0. The molecule has 18 aromatic rings. The van der Waals surface area contributed by atoms with Crippen molar-refractivity contribution in [1.82, 2.24) is 0 Å². The Morgan fingerprint density at radius 2 is 0.536 bits per heavy atom. The van der Waals surface area contributed by atoms with Crippen LogP contribution in [-0.4, -0.2) is 0 Å². The summed E-state index contributed by atoms with van der Waals surface area (Å²) in [4.78, 5) is 4.94. The van der Waals surface area contributed by atoms with Crippen LogP contribution in [-0.2, 0) is 10.8 Å². The average molecular weight is 1410 g/mol. The lowest BCUT2D eigenvalue weighted by molar-refractivity contribution is 0.550.